The maximum Gasteiger partial charge on any atom is 0.410 e. The van der Waals surface area contributed by atoms with E-state index in [0.29, 0.717) is 5.92 Å². The van der Waals surface area contributed by atoms with E-state index >= 15 is 0 Å². The molecule has 1 fully saturated rings. The third-order valence-electron chi connectivity index (χ3n) is 3.47. The van der Waals surface area contributed by atoms with Gasteiger partial charge < -0.3 is 14.7 Å². The van der Waals surface area contributed by atoms with Crippen molar-refractivity contribution >= 4 is 6.09 Å². The molecule has 0 unspecified atom stereocenters. The van der Waals surface area contributed by atoms with Gasteiger partial charge >= 0.3 is 6.09 Å². The molecule has 4 nitrogen and oxygen atoms in total. The van der Waals surface area contributed by atoms with Gasteiger partial charge in [-0.1, -0.05) is 6.08 Å². The molecule has 1 N–H and O–H groups in total. The van der Waals surface area contributed by atoms with Crippen LogP contribution in [0.2, 0.25) is 0 Å². The molecule has 0 bridgehead atoms. The van der Waals surface area contributed by atoms with Crippen molar-refractivity contribution in [3.8, 4) is 0 Å². The molecule has 1 heterocycles. The van der Waals surface area contributed by atoms with Crippen LogP contribution in [-0.2, 0) is 4.74 Å². The van der Waals surface area contributed by atoms with E-state index in [1.807, 2.05) is 26.8 Å². The number of rotatable bonds is 4. The number of amides is 1. The van der Waals surface area contributed by atoms with Crippen LogP contribution in [-0.4, -0.2) is 41.4 Å². The molecule has 0 saturated carbocycles. The molecule has 1 aliphatic heterocycles. The van der Waals surface area contributed by atoms with Crippen molar-refractivity contribution in [3.63, 3.8) is 0 Å². The number of piperidine rings is 1. The Morgan fingerprint density at radius 2 is 2.05 bits per heavy atom. The van der Waals surface area contributed by atoms with Gasteiger partial charge in [0, 0.05) is 19.7 Å². The summed E-state index contributed by atoms with van der Waals surface area (Å²) in [6, 6.07) is 0. The lowest BCUT2D eigenvalue weighted by Gasteiger charge is -2.34. The van der Waals surface area contributed by atoms with Crippen molar-refractivity contribution in [1.29, 1.82) is 0 Å². The second-order valence-corrected chi connectivity index (χ2v) is 6.32. The fraction of sp³-hybridized carbons (Fsp3) is 0.800. The van der Waals surface area contributed by atoms with Crippen molar-refractivity contribution in [1.82, 2.24) is 4.90 Å². The maximum atomic E-state index is 11.9. The van der Waals surface area contributed by atoms with Crippen LogP contribution in [0.5, 0.6) is 0 Å². The van der Waals surface area contributed by atoms with Gasteiger partial charge in [0.25, 0.3) is 0 Å². The molecule has 0 aromatic rings. The highest BCUT2D eigenvalue weighted by molar-refractivity contribution is 5.68. The van der Waals surface area contributed by atoms with Crippen LogP contribution >= 0.6 is 0 Å². The minimum absolute atomic E-state index is 0.162. The third-order valence-corrected chi connectivity index (χ3v) is 3.47. The molecule has 1 rings (SSSR count). The first-order chi connectivity index (χ1) is 8.85. The average Bonchev–Trinajstić information content (AvgIpc) is 2.34. The minimum atomic E-state index is -0.432. The zero-order valence-corrected chi connectivity index (χ0v) is 12.4. The number of hydrogen-bond acceptors (Lipinski definition) is 3. The number of carbonyl (C=O) groups is 1. The molecular weight excluding hydrogens is 242 g/mol. The number of hydrogen-bond donors (Lipinski definition) is 1. The second kappa shape index (κ2) is 6.94. The first kappa shape index (κ1) is 16.0. The number of likely N-dealkylation sites (tertiary alicyclic amines) is 1. The summed E-state index contributed by atoms with van der Waals surface area (Å²) in [5, 5.41) is 9.17. The van der Waals surface area contributed by atoms with Crippen LogP contribution < -0.4 is 0 Å². The summed E-state index contributed by atoms with van der Waals surface area (Å²) in [5.74, 6) is 0.743. The molecule has 110 valence electrons. The van der Waals surface area contributed by atoms with Gasteiger partial charge in [0.05, 0.1) is 0 Å². The summed E-state index contributed by atoms with van der Waals surface area (Å²) < 4.78 is 5.37. The third kappa shape index (κ3) is 5.64. The Bertz CT molecular complexity index is 301. The molecular formula is C15H27NO3. The first-order valence-electron chi connectivity index (χ1n) is 7.07. The van der Waals surface area contributed by atoms with Crippen LogP contribution in [0.1, 0.15) is 40.0 Å². The Kier molecular flexibility index (Phi) is 5.85. The number of aliphatic hydroxyl groups excluding tert-OH is 1. The van der Waals surface area contributed by atoms with Gasteiger partial charge in [0.2, 0.25) is 0 Å². The van der Waals surface area contributed by atoms with E-state index in [2.05, 4.69) is 6.58 Å². The highest BCUT2D eigenvalue weighted by Crippen LogP contribution is 2.25. The summed E-state index contributed by atoms with van der Waals surface area (Å²) in [5.41, 5.74) is -0.432. The Morgan fingerprint density at radius 3 is 2.47 bits per heavy atom. The standard InChI is InChI=1S/C15H27NO3/c1-5-12(11-17)10-13-6-8-16(9-7-13)14(18)19-15(2,3)4/h5,12-13,17H,1,6-11H2,2-4H3/t12-/m1/s1. The topological polar surface area (TPSA) is 49.8 Å². The van der Waals surface area contributed by atoms with Crippen molar-refractivity contribution in [2.75, 3.05) is 19.7 Å². The van der Waals surface area contributed by atoms with Gasteiger partial charge in [-0.05, 0) is 51.9 Å². The summed E-state index contributed by atoms with van der Waals surface area (Å²) in [6.07, 6.45) is 4.52. The summed E-state index contributed by atoms with van der Waals surface area (Å²) in [6.45, 7) is 11.0. The van der Waals surface area contributed by atoms with Gasteiger partial charge in [-0.15, -0.1) is 6.58 Å². The van der Waals surface area contributed by atoms with Gasteiger partial charge in [-0.2, -0.15) is 0 Å². The number of aliphatic hydroxyl groups is 1. The van der Waals surface area contributed by atoms with Crippen molar-refractivity contribution < 1.29 is 14.6 Å². The largest absolute Gasteiger partial charge is 0.444 e. The Hall–Kier alpha value is -1.03. The summed E-state index contributed by atoms with van der Waals surface area (Å²) in [7, 11) is 0. The quantitative estimate of drug-likeness (QED) is 0.798. The molecule has 1 aliphatic rings. The van der Waals surface area contributed by atoms with E-state index in [4.69, 9.17) is 9.84 Å². The normalized spacial score (nSPS) is 19.1. The van der Waals surface area contributed by atoms with E-state index < -0.39 is 5.60 Å². The molecule has 1 atom stereocenters. The number of carbonyl (C=O) groups excluding carboxylic acids is 1. The van der Waals surface area contributed by atoms with E-state index in [1.165, 1.54) is 0 Å². The predicted octanol–water partition coefficient (Wildman–Crippen LogP) is 2.82. The molecule has 0 aromatic carbocycles. The molecule has 0 spiro atoms. The van der Waals surface area contributed by atoms with Crippen LogP contribution in [0.15, 0.2) is 12.7 Å². The average molecular weight is 269 g/mol. The molecule has 4 heteroatoms. The zero-order chi connectivity index (χ0) is 14.5. The Labute approximate surface area is 116 Å². The highest BCUT2D eigenvalue weighted by Gasteiger charge is 2.27. The predicted molar refractivity (Wildman–Crippen MR) is 75.9 cm³/mol. The smallest absolute Gasteiger partial charge is 0.410 e. The van der Waals surface area contributed by atoms with E-state index in [0.717, 1.165) is 32.4 Å². The van der Waals surface area contributed by atoms with E-state index in [9.17, 15) is 4.79 Å². The molecule has 19 heavy (non-hydrogen) atoms. The van der Waals surface area contributed by atoms with Gasteiger partial charge in [0.15, 0.2) is 0 Å². The first-order valence-corrected chi connectivity index (χ1v) is 7.07. The molecule has 0 radical (unpaired) electrons. The Balaban J connectivity index is 2.36. The van der Waals surface area contributed by atoms with Crippen molar-refractivity contribution in [2.24, 2.45) is 11.8 Å². The lowest BCUT2D eigenvalue weighted by atomic mass is 9.87. The molecule has 1 saturated heterocycles. The highest BCUT2D eigenvalue weighted by atomic mass is 16.6. The zero-order valence-electron chi connectivity index (χ0n) is 12.4. The maximum absolute atomic E-state index is 11.9. The van der Waals surface area contributed by atoms with Crippen LogP contribution in [0, 0.1) is 11.8 Å². The molecule has 0 aliphatic carbocycles. The number of nitrogens with zero attached hydrogens (tertiary/aromatic N) is 1. The van der Waals surface area contributed by atoms with Gasteiger partial charge in [-0.25, -0.2) is 4.79 Å². The number of ether oxygens (including phenoxy) is 1. The fourth-order valence-corrected chi connectivity index (χ4v) is 2.35. The van der Waals surface area contributed by atoms with Gasteiger partial charge in [-0.3, -0.25) is 0 Å². The summed E-state index contributed by atoms with van der Waals surface area (Å²) in [4.78, 5) is 13.7. The van der Waals surface area contributed by atoms with Crippen LogP contribution in [0.25, 0.3) is 0 Å². The lowest BCUT2D eigenvalue weighted by molar-refractivity contribution is 0.0174. The van der Waals surface area contributed by atoms with E-state index in [1.54, 1.807) is 4.90 Å². The fourth-order valence-electron chi connectivity index (χ4n) is 2.35. The van der Waals surface area contributed by atoms with Gasteiger partial charge in [0.1, 0.15) is 5.60 Å². The molecule has 0 aromatic heterocycles. The SMILES string of the molecule is C=C[C@@H](CO)CC1CCN(C(=O)OC(C)(C)C)CC1. The Morgan fingerprint density at radius 1 is 1.47 bits per heavy atom. The van der Waals surface area contributed by atoms with E-state index in [-0.39, 0.29) is 18.6 Å². The van der Waals surface area contributed by atoms with Crippen molar-refractivity contribution in [3.05, 3.63) is 12.7 Å². The minimum Gasteiger partial charge on any atom is -0.444 e. The van der Waals surface area contributed by atoms with Crippen LogP contribution in [0.3, 0.4) is 0 Å². The van der Waals surface area contributed by atoms with Crippen LogP contribution in [0.4, 0.5) is 4.79 Å². The van der Waals surface area contributed by atoms with Crippen molar-refractivity contribution in [2.45, 2.75) is 45.6 Å². The lowest BCUT2D eigenvalue weighted by Crippen LogP contribution is -2.42. The molecule has 1 amide bonds. The summed E-state index contributed by atoms with van der Waals surface area (Å²) >= 11 is 0. The second-order valence-electron chi connectivity index (χ2n) is 6.32. The monoisotopic (exact) mass is 269 g/mol.